The number of amides is 1. The standard InChI is InChI=1S/C18H17Cl2NO3S/c1-9-3-5-12-14(7-9)25-17(15(12)18(23)24-2)21-16(22)11-6-4-10(19)8-13(11)20/h4,6,8-9H,3,5,7H2,1-2H3,(H,21,22)/t9-/m0/s1. The maximum absolute atomic E-state index is 12.6. The van der Waals surface area contributed by atoms with Crippen LogP contribution in [-0.2, 0) is 17.6 Å². The quantitative estimate of drug-likeness (QED) is 0.722. The molecule has 0 aliphatic heterocycles. The summed E-state index contributed by atoms with van der Waals surface area (Å²) in [4.78, 5) is 26.0. The van der Waals surface area contributed by atoms with Crippen molar-refractivity contribution in [1.29, 1.82) is 0 Å². The van der Waals surface area contributed by atoms with Crippen molar-refractivity contribution in [3.8, 4) is 0 Å². The van der Waals surface area contributed by atoms with E-state index >= 15 is 0 Å². The molecule has 0 radical (unpaired) electrons. The number of ether oxygens (including phenoxy) is 1. The van der Waals surface area contributed by atoms with E-state index in [2.05, 4.69) is 12.2 Å². The fraction of sp³-hybridized carbons (Fsp3) is 0.333. The molecule has 1 atom stereocenters. The maximum atomic E-state index is 12.6. The smallest absolute Gasteiger partial charge is 0.341 e. The molecule has 132 valence electrons. The van der Waals surface area contributed by atoms with E-state index in [1.807, 2.05) is 0 Å². The highest BCUT2D eigenvalue weighted by atomic mass is 35.5. The Balaban J connectivity index is 1.96. The van der Waals surface area contributed by atoms with Crippen LogP contribution >= 0.6 is 34.5 Å². The third-order valence-electron chi connectivity index (χ3n) is 4.30. The molecule has 0 unspecified atom stereocenters. The second-order valence-corrected chi connectivity index (χ2v) is 8.07. The van der Waals surface area contributed by atoms with Crippen molar-refractivity contribution in [3.05, 3.63) is 49.8 Å². The number of benzene rings is 1. The van der Waals surface area contributed by atoms with Crippen molar-refractivity contribution in [2.45, 2.75) is 26.2 Å². The van der Waals surface area contributed by atoms with Crippen LogP contribution in [0.3, 0.4) is 0 Å². The van der Waals surface area contributed by atoms with Crippen LogP contribution in [0.1, 0.15) is 44.5 Å². The van der Waals surface area contributed by atoms with Gasteiger partial charge in [0, 0.05) is 9.90 Å². The summed E-state index contributed by atoms with van der Waals surface area (Å²) in [7, 11) is 1.35. The van der Waals surface area contributed by atoms with Crippen molar-refractivity contribution in [1.82, 2.24) is 0 Å². The largest absolute Gasteiger partial charge is 0.465 e. The number of halogens is 2. The molecular weight excluding hydrogens is 381 g/mol. The summed E-state index contributed by atoms with van der Waals surface area (Å²) in [6.07, 6.45) is 2.74. The summed E-state index contributed by atoms with van der Waals surface area (Å²) in [5.74, 6) is -0.242. The fourth-order valence-corrected chi connectivity index (χ4v) is 4.89. The molecule has 2 aromatic rings. The van der Waals surface area contributed by atoms with Crippen molar-refractivity contribution in [2.75, 3.05) is 12.4 Å². The Hall–Kier alpha value is -1.56. The third kappa shape index (κ3) is 3.68. The number of hydrogen-bond donors (Lipinski definition) is 1. The van der Waals surface area contributed by atoms with Gasteiger partial charge < -0.3 is 10.1 Å². The molecule has 3 rings (SSSR count). The Labute approximate surface area is 160 Å². The number of carbonyl (C=O) groups is 2. The van der Waals surface area contributed by atoms with E-state index in [0.29, 0.717) is 27.1 Å². The van der Waals surface area contributed by atoms with E-state index in [0.717, 1.165) is 29.7 Å². The third-order valence-corrected chi connectivity index (χ3v) is 6.02. The van der Waals surface area contributed by atoms with Crippen LogP contribution in [0.2, 0.25) is 10.0 Å². The zero-order chi connectivity index (χ0) is 18.1. The molecule has 1 amide bonds. The summed E-state index contributed by atoms with van der Waals surface area (Å²) in [6, 6.07) is 4.68. The van der Waals surface area contributed by atoms with E-state index in [1.165, 1.54) is 24.5 Å². The lowest BCUT2D eigenvalue weighted by molar-refractivity contribution is 0.0601. The Bertz CT molecular complexity index is 847. The van der Waals surface area contributed by atoms with Gasteiger partial charge in [0.05, 0.1) is 23.3 Å². The average molecular weight is 398 g/mol. The normalized spacial score (nSPS) is 16.2. The molecule has 4 nitrogen and oxygen atoms in total. The van der Waals surface area contributed by atoms with Crippen molar-refractivity contribution < 1.29 is 14.3 Å². The SMILES string of the molecule is COC(=O)c1c(NC(=O)c2ccc(Cl)cc2Cl)sc2c1CC[C@H](C)C2. The Kier molecular flexibility index (Phi) is 5.37. The summed E-state index contributed by atoms with van der Waals surface area (Å²) in [6.45, 7) is 2.19. The number of carbonyl (C=O) groups excluding carboxylic acids is 2. The van der Waals surface area contributed by atoms with Crippen molar-refractivity contribution in [3.63, 3.8) is 0 Å². The van der Waals surface area contributed by atoms with Crippen LogP contribution in [0.5, 0.6) is 0 Å². The number of methoxy groups -OCH3 is 1. The predicted octanol–water partition coefficient (Wildman–Crippen LogP) is 5.22. The number of rotatable bonds is 3. The number of anilines is 1. The van der Waals surface area contributed by atoms with Gasteiger partial charge in [-0.15, -0.1) is 11.3 Å². The molecule has 0 fully saturated rings. The highest BCUT2D eigenvalue weighted by Gasteiger charge is 2.29. The van der Waals surface area contributed by atoms with Gasteiger partial charge in [0.25, 0.3) is 5.91 Å². The summed E-state index contributed by atoms with van der Waals surface area (Å²) >= 11 is 13.4. The van der Waals surface area contributed by atoms with Crippen molar-refractivity contribution in [2.24, 2.45) is 5.92 Å². The zero-order valence-corrected chi connectivity index (χ0v) is 16.1. The second kappa shape index (κ2) is 7.36. The van der Waals surface area contributed by atoms with E-state index in [9.17, 15) is 9.59 Å². The number of fused-ring (bicyclic) bond motifs is 1. The van der Waals surface area contributed by atoms with Gasteiger partial charge in [-0.2, -0.15) is 0 Å². The van der Waals surface area contributed by atoms with Crippen LogP contribution in [0, 0.1) is 5.92 Å². The minimum Gasteiger partial charge on any atom is -0.465 e. The maximum Gasteiger partial charge on any atom is 0.341 e. The first-order chi connectivity index (χ1) is 11.9. The average Bonchev–Trinajstić information content (AvgIpc) is 2.90. The van der Waals surface area contributed by atoms with Gasteiger partial charge in [0.15, 0.2) is 0 Å². The molecule has 1 aromatic carbocycles. The second-order valence-electron chi connectivity index (χ2n) is 6.13. The van der Waals surface area contributed by atoms with E-state index in [1.54, 1.807) is 12.1 Å². The number of nitrogens with one attached hydrogen (secondary N) is 1. The molecule has 25 heavy (non-hydrogen) atoms. The zero-order valence-electron chi connectivity index (χ0n) is 13.8. The minimum absolute atomic E-state index is 0.263. The molecule has 1 heterocycles. The Morgan fingerprint density at radius 3 is 2.76 bits per heavy atom. The lowest BCUT2D eigenvalue weighted by Gasteiger charge is -2.18. The van der Waals surface area contributed by atoms with Crippen LogP contribution in [0.25, 0.3) is 0 Å². The first kappa shape index (κ1) is 18.2. The van der Waals surface area contributed by atoms with Crippen LogP contribution in [0.15, 0.2) is 18.2 Å². The van der Waals surface area contributed by atoms with Gasteiger partial charge in [0.1, 0.15) is 5.00 Å². The van der Waals surface area contributed by atoms with E-state index in [4.69, 9.17) is 27.9 Å². The molecule has 1 N–H and O–H groups in total. The highest BCUT2D eigenvalue weighted by molar-refractivity contribution is 7.17. The molecule has 1 aromatic heterocycles. The van der Waals surface area contributed by atoms with Crippen LogP contribution in [-0.4, -0.2) is 19.0 Å². The minimum atomic E-state index is -0.426. The molecular formula is C18H17Cl2NO3S. The van der Waals surface area contributed by atoms with Gasteiger partial charge in [-0.1, -0.05) is 30.1 Å². The lowest BCUT2D eigenvalue weighted by atomic mass is 9.88. The summed E-state index contributed by atoms with van der Waals surface area (Å²) in [5.41, 5.74) is 1.77. The molecule has 0 spiro atoms. The summed E-state index contributed by atoms with van der Waals surface area (Å²) < 4.78 is 4.93. The molecule has 0 bridgehead atoms. The van der Waals surface area contributed by atoms with E-state index < -0.39 is 5.97 Å². The number of esters is 1. The van der Waals surface area contributed by atoms with Gasteiger partial charge in [0.2, 0.25) is 0 Å². The van der Waals surface area contributed by atoms with Gasteiger partial charge in [-0.05, 0) is 48.9 Å². The molecule has 7 heteroatoms. The first-order valence-corrected chi connectivity index (χ1v) is 9.47. The van der Waals surface area contributed by atoms with E-state index in [-0.39, 0.29) is 10.9 Å². The van der Waals surface area contributed by atoms with Gasteiger partial charge >= 0.3 is 5.97 Å². The van der Waals surface area contributed by atoms with Crippen molar-refractivity contribution >= 4 is 51.4 Å². The number of hydrogen-bond acceptors (Lipinski definition) is 4. The van der Waals surface area contributed by atoms with Gasteiger partial charge in [-0.25, -0.2) is 4.79 Å². The van der Waals surface area contributed by atoms with Crippen LogP contribution < -0.4 is 5.32 Å². The summed E-state index contributed by atoms with van der Waals surface area (Å²) in [5, 5.41) is 4.06. The molecule has 0 saturated carbocycles. The molecule has 1 aliphatic carbocycles. The Morgan fingerprint density at radius 1 is 1.32 bits per heavy atom. The number of thiophene rings is 1. The molecule has 1 aliphatic rings. The molecule has 0 saturated heterocycles. The van der Waals surface area contributed by atoms with Crippen LogP contribution in [0.4, 0.5) is 5.00 Å². The topological polar surface area (TPSA) is 55.4 Å². The Morgan fingerprint density at radius 2 is 2.08 bits per heavy atom. The first-order valence-electron chi connectivity index (χ1n) is 7.90. The lowest BCUT2D eigenvalue weighted by Crippen LogP contribution is -2.16. The highest BCUT2D eigenvalue weighted by Crippen LogP contribution is 2.40. The monoisotopic (exact) mass is 397 g/mol. The van der Waals surface area contributed by atoms with Gasteiger partial charge in [-0.3, -0.25) is 4.79 Å². The fourth-order valence-electron chi connectivity index (χ4n) is 3.00. The predicted molar refractivity (Wildman–Crippen MR) is 101 cm³/mol.